The Kier molecular flexibility index (Phi) is 6.92. The number of carbonyl (C=O) groups excluding carboxylic acids is 2. The number of aromatic amines is 1. The molecule has 1 aliphatic rings. The highest BCUT2D eigenvalue weighted by Crippen LogP contribution is 2.31. The van der Waals surface area contributed by atoms with Gasteiger partial charge in [0.05, 0.1) is 29.6 Å². The van der Waals surface area contributed by atoms with Crippen molar-refractivity contribution in [3.8, 4) is 17.1 Å². The lowest BCUT2D eigenvalue weighted by molar-refractivity contribution is -0.137. The minimum absolute atomic E-state index is 0.167. The lowest BCUT2D eigenvalue weighted by Crippen LogP contribution is -2.41. The SMILES string of the molecule is COc1cc(-c2cc(C(=O)N3CCC(C(=O)Nc4cc(C(F)(F)F)ccn4)CC3)[nH]n2)c(Cl)cn1. The number of nitrogens with one attached hydrogen (secondary N) is 2. The maximum absolute atomic E-state index is 12.9. The van der Waals surface area contributed by atoms with E-state index in [0.717, 1.165) is 18.3 Å². The Hall–Kier alpha value is -3.67. The number of anilines is 1. The van der Waals surface area contributed by atoms with Crippen LogP contribution in [-0.2, 0) is 11.0 Å². The Morgan fingerprint density at radius 1 is 1.20 bits per heavy atom. The van der Waals surface area contributed by atoms with Crippen molar-refractivity contribution >= 4 is 29.2 Å². The second-order valence-corrected chi connectivity index (χ2v) is 8.26. The molecule has 1 fully saturated rings. The van der Waals surface area contributed by atoms with E-state index in [1.807, 2.05) is 0 Å². The predicted octanol–water partition coefficient (Wildman–Crippen LogP) is 4.04. The van der Waals surface area contributed by atoms with E-state index in [2.05, 4.69) is 25.5 Å². The van der Waals surface area contributed by atoms with Gasteiger partial charge in [0, 0.05) is 36.8 Å². The van der Waals surface area contributed by atoms with Gasteiger partial charge in [0.2, 0.25) is 11.8 Å². The fraction of sp³-hybridized carbons (Fsp3) is 0.318. The number of piperidine rings is 1. The molecule has 9 nitrogen and oxygen atoms in total. The number of amides is 2. The average molecular weight is 509 g/mol. The van der Waals surface area contributed by atoms with Crippen molar-refractivity contribution in [2.75, 3.05) is 25.5 Å². The Balaban J connectivity index is 1.36. The summed E-state index contributed by atoms with van der Waals surface area (Å²) in [4.78, 5) is 34.8. The number of methoxy groups -OCH3 is 1. The quantitative estimate of drug-likeness (QED) is 0.538. The zero-order valence-electron chi connectivity index (χ0n) is 18.4. The van der Waals surface area contributed by atoms with E-state index < -0.39 is 23.6 Å². The molecule has 13 heteroatoms. The van der Waals surface area contributed by atoms with Gasteiger partial charge in [0.1, 0.15) is 11.5 Å². The smallest absolute Gasteiger partial charge is 0.416 e. The van der Waals surface area contributed by atoms with Gasteiger partial charge >= 0.3 is 6.18 Å². The maximum Gasteiger partial charge on any atom is 0.416 e. The van der Waals surface area contributed by atoms with Gasteiger partial charge in [0.25, 0.3) is 5.91 Å². The number of pyridine rings is 2. The molecule has 0 bridgehead atoms. The van der Waals surface area contributed by atoms with Crippen LogP contribution in [0, 0.1) is 5.92 Å². The van der Waals surface area contributed by atoms with Gasteiger partial charge in [-0.05, 0) is 31.0 Å². The normalized spacial score (nSPS) is 14.6. The molecule has 3 aromatic rings. The van der Waals surface area contributed by atoms with E-state index in [-0.39, 0.29) is 17.4 Å². The van der Waals surface area contributed by atoms with E-state index in [9.17, 15) is 22.8 Å². The average Bonchev–Trinajstić information content (AvgIpc) is 3.34. The summed E-state index contributed by atoms with van der Waals surface area (Å²) in [5.74, 6) is -1.01. The summed E-state index contributed by atoms with van der Waals surface area (Å²) in [5.41, 5.74) is 0.353. The molecule has 0 radical (unpaired) electrons. The summed E-state index contributed by atoms with van der Waals surface area (Å²) in [6, 6.07) is 4.80. The van der Waals surface area contributed by atoms with Crippen molar-refractivity contribution in [3.05, 3.63) is 52.9 Å². The van der Waals surface area contributed by atoms with Crippen molar-refractivity contribution < 1.29 is 27.5 Å². The Labute approximate surface area is 202 Å². The van der Waals surface area contributed by atoms with Gasteiger partial charge in [-0.3, -0.25) is 14.7 Å². The summed E-state index contributed by atoms with van der Waals surface area (Å²) >= 11 is 6.19. The molecule has 4 rings (SSSR count). The van der Waals surface area contributed by atoms with Crippen LogP contribution in [-0.4, -0.2) is 57.1 Å². The number of ether oxygens (including phenoxy) is 1. The lowest BCUT2D eigenvalue weighted by Gasteiger charge is -2.30. The number of hydrogen-bond donors (Lipinski definition) is 2. The molecule has 184 valence electrons. The number of hydrogen-bond acceptors (Lipinski definition) is 6. The van der Waals surface area contributed by atoms with Crippen LogP contribution in [0.15, 0.2) is 36.7 Å². The summed E-state index contributed by atoms with van der Waals surface area (Å²) in [7, 11) is 1.47. The third kappa shape index (κ3) is 5.53. The van der Waals surface area contributed by atoms with Crippen LogP contribution in [0.4, 0.5) is 19.0 Å². The van der Waals surface area contributed by atoms with E-state index in [1.165, 1.54) is 13.3 Å². The minimum atomic E-state index is -4.53. The topological polar surface area (TPSA) is 113 Å². The summed E-state index contributed by atoms with van der Waals surface area (Å²) in [5, 5.41) is 9.66. The summed E-state index contributed by atoms with van der Waals surface area (Å²) in [6.45, 7) is 0.594. The number of H-pyrrole nitrogens is 1. The Morgan fingerprint density at radius 3 is 2.63 bits per heavy atom. The molecule has 35 heavy (non-hydrogen) atoms. The molecule has 1 aliphatic heterocycles. The first-order chi connectivity index (χ1) is 16.7. The lowest BCUT2D eigenvalue weighted by atomic mass is 9.95. The van der Waals surface area contributed by atoms with Crippen LogP contribution in [0.25, 0.3) is 11.3 Å². The van der Waals surface area contributed by atoms with E-state index >= 15 is 0 Å². The summed E-state index contributed by atoms with van der Waals surface area (Å²) in [6.07, 6.45) is -1.41. The molecule has 1 saturated heterocycles. The molecule has 0 saturated carbocycles. The Morgan fingerprint density at radius 2 is 1.94 bits per heavy atom. The molecule has 4 heterocycles. The first-order valence-corrected chi connectivity index (χ1v) is 10.9. The number of likely N-dealkylation sites (tertiary alicyclic amines) is 1. The number of nitrogens with zero attached hydrogens (tertiary/aromatic N) is 4. The van der Waals surface area contributed by atoms with Gasteiger partial charge in [-0.15, -0.1) is 0 Å². The van der Waals surface area contributed by atoms with Crippen molar-refractivity contribution in [2.24, 2.45) is 5.92 Å². The Bertz CT molecular complexity index is 1240. The van der Waals surface area contributed by atoms with Crippen LogP contribution in [0.5, 0.6) is 5.88 Å². The summed E-state index contributed by atoms with van der Waals surface area (Å²) < 4.78 is 43.7. The van der Waals surface area contributed by atoms with Crippen molar-refractivity contribution in [1.29, 1.82) is 0 Å². The van der Waals surface area contributed by atoms with Crippen LogP contribution in [0.2, 0.25) is 5.02 Å². The monoisotopic (exact) mass is 508 g/mol. The first kappa shape index (κ1) is 24.5. The molecule has 2 amide bonds. The van der Waals surface area contributed by atoms with Crippen molar-refractivity contribution in [3.63, 3.8) is 0 Å². The third-order valence-corrected chi connectivity index (χ3v) is 5.92. The highest BCUT2D eigenvalue weighted by Gasteiger charge is 2.32. The van der Waals surface area contributed by atoms with E-state index in [1.54, 1.807) is 17.0 Å². The highest BCUT2D eigenvalue weighted by molar-refractivity contribution is 6.33. The number of aromatic nitrogens is 4. The number of carbonyl (C=O) groups is 2. The van der Waals surface area contributed by atoms with E-state index in [0.29, 0.717) is 48.1 Å². The first-order valence-electron chi connectivity index (χ1n) is 10.5. The number of alkyl halides is 3. The van der Waals surface area contributed by atoms with Gasteiger partial charge in [0.15, 0.2) is 0 Å². The molecule has 3 aromatic heterocycles. The molecular weight excluding hydrogens is 489 g/mol. The molecule has 2 N–H and O–H groups in total. The van der Waals surface area contributed by atoms with Crippen molar-refractivity contribution in [2.45, 2.75) is 19.0 Å². The van der Waals surface area contributed by atoms with Gasteiger partial charge in [-0.25, -0.2) is 9.97 Å². The van der Waals surface area contributed by atoms with Crippen LogP contribution in [0.3, 0.4) is 0 Å². The predicted molar refractivity (Wildman–Crippen MR) is 120 cm³/mol. The fourth-order valence-corrected chi connectivity index (χ4v) is 3.92. The molecular formula is C22H20ClF3N6O3. The minimum Gasteiger partial charge on any atom is -0.481 e. The number of halogens is 4. The number of rotatable bonds is 5. The van der Waals surface area contributed by atoms with Gasteiger partial charge in [-0.2, -0.15) is 18.3 Å². The maximum atomic E-state index is 12.9. The fourth-order valence-electron chi connectivity index (χ4n) is 3.72. The standard InChI is InChI=1S/C22H20ClF3N6O3/c1-35-19-9-14(15(23)11-28-19)16-10-17(31-30-16)21(34)32-6-3-12(4-7-32)20(33)29-18-8-13(2-5-27-18)22(24,25)26/h2,5,8-12H,3-4,6-7H2,1H3,(H,30,31)(H,27,29,33). The van der Waals surface area contributed by atoms with Crippen LogP contribution >= 0.6 is 11.6 Å². The molecule has 0 aliphatic carbocycles. The van der Waals surface area contributed by atoms with E-state index in [4.69, 9.17) is 16.3 Å². The molecule has 0 spiro atoms. The zero-order chi connectivity index (χ0) is 25.2. The molecule has 0 atom stereocenters. The van der Waals surface area contributed by atoms with Crippen LogP contribution < -0.4 is 10.1 Å². The second kappa shape index (κ2) is 9.90. The van der Waals surface area contributed by atoms with Gasteiger partial charge < -0.3 is 15.0 Å². The third-order valence-electron chi connectivity index (χ3n) is 5.62. The molecule has 0 unspecified atom stereocenters. The largest absolute Gasteiger partial charge is 0.481 e. The van der Waals surface area contributed by atoms with Crippen LogP contribution in [0.1, 0.15) is 28.9 Å². The molecule has 0 aromatic carbocycles. The second-order valence-electron chi connectivity index (χ2n) is 7.86. The van der Waals surface area contributed by atoms with Gasteiger partial charge in [-0.1, -0.05) is 11.6 Å². The van der Waals surface area contributed by atoms with Crippen molar-refractivity contribution in [1.82, 2.24) is 25.1 Å². The zero-order valence-corrected chi connectivity index (χ0v) is 19.2. The highest BCUT2D eigenvalue weighted by atomic mass is 35.5.